The van der Waals surface area contributed by atoms with Gasteiger partial charge in [0.05, 0.1) is 10.9 Å². The van der Waals surface area contributed by atoms with E-state index in [2.05, 4.69) is 9.97 Å². The number of nitrogens with one attached hydrogen (secondary N) is 1. The van der Waals surface area contributed by atoms with Crippen molar-refractivity contribution in [2.45, 2.75) is 0 Å². The second-order valence-electron chi connectivity index (χ2n) is 2.61. The summed E-state index contributed by atoms with van der Waals surface area (Å²) in [4.78, 5) is 17.7. The topological polar surface area (TPSA) is 71.8 Å². The van der Waals surface area contributed by atoms with E-state index in [0.29, 0.717) is 15.9 Å². The minimum atomic E-state index is -0.273. The molecule has 1 aromatic heterocycles. The smallest absolute Gasteiger partial charge is 0.260 e. The number of nitrogen functional groups attached to an aromatic ring is 1. The third kappa shape index (κ3) is 1.36. The van der Waals surface area contributed by atoms with Crippen molar-refractivity contribution in [3.05, 3.63) is 33.6 Å². The molecular weight excluding hydrogens is 190 g/mol. The van der Waals surface area contributed by atoms with Crippen molar-refractivity contribution in [2.75, 3.05) is 5.73 Å². The van der Waals surface area contributed by atoms with Crippen LogP contribution in [0.1, 0.15) is 0 Å². The molecule has 5 heteroatoms. The molecule has 4 nitrogen and oxygen atoms in total. The van der Waals surface area contributed by atoms with E-state index >= 15 is 0 Å². The molecule has 0 saturated heterocycles. The van der Waals surface area contributed by atoms with Gasteiger partial charge in [-0.15, -0.1) is 0 Å². The van der Waals surface area contributed by atoms with Crippen LogP contribution in [0.4, 0.5) is 5.95 Å². The molecule has 0 amide bonds. The Hall–Kier alpha value is -1.55. The van der Waals surface area contributed by atoms with Crippen LogP contribution >= 0.6 is 11.6 Å². The van der Waals surface area contributed by atoms with Crippen LogP contribution < -0.4 is 11.3 Å². The van der Waals surface area contributed by atoms with E-state index in [0.717, 1.165) is 0 Å². The van der Waals surface area contributed by atoms with Gasteiger partial charge in [-0.1, -0.05) is 11.6 Å². The Balaban J connectivity index is 2.95. The first-order valence-electron chi connectivity index (χ1n) is 3.62. The minimum absolute atomic E-state index is 0.111. The van der Waals surface area contributed by atoms with E-state index in [4.69, 9.17) is 17.3 Å². The normalized spacial score (nSPS) is 10.5. The van der Waals surface area contributed by atoms with E-state index < -0.39 is 0 Å². The van der Waals surface area contributed by atoms with Crippen molar-refractivity contribution in [1.29, 1.82) is 0 Å². The van der Waals surface area contributed by atoms with Gasteiger partial charge in [0.25, 0.3) is 5.56 Å². The third-order valence-electron chi connectivity index (χ3n) is 1.69. The number of H-pyrrole nitrogens is 1. The summed E-state index contributed by atoms with van der Waals surface area (Å²) in [5, 5.41) is 0.950. The molecule has 0 aliphatic carbocycles. The Labute approximate surface area is 78.4 Å². The Bertz CT molecular complexity index is 520. The molecule has 0 saturated carbocycles. The summed E-state index contributed by atoms with van der Waals surface area (Å²) in [5.74, 6) is 0.111. The monoisotopic (exact) mass is 195 g/mol. The van der Waals surface area contributed by atoms with Crippen LogP contribution in [0.25, 0.3) is 10.9 Å². The van der Waals surface area contributed by atoms with Crippen LogP contribution in [0.3, 0.4) is 0 Å². The van der Waals surface area contributed by atoms with E-state index in [9.17, 15) is 4.79 Å². The lowest BCUT2D eigenvalue weighted by Gasteiger charge is -1.97. The average Bonchev–Trinajstić information content (AvgIpc) is 2.06. The van der Waals surface area contributed by atoms with Gasteiger partial charge in [0.2, 0.25) is 5.95 Å². The summed E-state index contributed by atoms with van der Waals surface area (Å²) in [6.07, 6.45) is 0. The van der Waals surface area contributed by atoms with Crippen LogP contribution in [-0.2, 0) is 0 Å². The molecule has 3 N–H and O–H groups in total. The lowest BCUT2D eigenvalue weighted by molar-refractivity contribution is 1.19. The predicted octanol–water partition coefficient (Wildman–Crippen LogP) is 1.16. The molecule has 1 aromatic carbocycles. The molecule has 13 heavy (non-hydrogen) atoms. The van der Waals surface area contributed by atoms with Crippen molar-refractivity contribution in [3.63, 3.8) is 0 Å². The van der Waals surface area contributed by atoms with Gasteiger partial charge in [-0.25, -0.2) is 4.98 Å². The van der Waals surface area contributed by atoms with E-state index in [-0.39, 0.29) is 11.5 Å². The maximum Gasteiger partial charge on any atom is 0.260 e. The quantitative estimate of drug-likeness (QED) is 0.663. The fourth-order valence-electron chi connectivity index (χ4n) is 1.13. The summed E-state index contributed by atoms with van der Waals surface area (Å²) in [6, 6.07) is 4.88. The van der Waals surface area contributed by atoms with Gasteiger partial charge in [0.1, 0.15) is 0 Å². The first-order chi connectivity index (χ1) is 6.16. The zero-order chi connectivity index (χ0) is 9.42. The average molecular weight is 196 g/mol. The molecule has 0 spiro atoms. The Morgan fingerprint density at radius 3 is 3.00 bits per heavy atom. The highest BCUT2D eigenvalue weighted by Gasteiger charge is 2.01. The molecule has 0 radical (unpaired) electrons. The fourth-order valence-corrected chi connectivity index (χ4v) is 1.30. The summed E-state index contributed by atoms with van der Waals surface area (Å²) >= 11 is 5.72. The van der Waals surface area contributed by atoms with Crippen LogP contribution in [0.15, 0.2) is 23.0 Å². The number of anilines is 1. The molecule has 0 aliphatic heterocycles. The first-order valence-corrected chi connectivity index (χ1v) is 3.99. The Morgan fingerprint density at radius 2 is 2.23 bits per heavy atom. The number of aromatic amines is 1. The summed E-state index contributed by atoms with van der Waals surface area (Å²) in [7, 11) is 0. The molecule has 66 valence electrons. The SMILES string of the molecule is Nc1nc2ccc(Cl)cc2c(=O)[nH]1. The Kier molecular flexibility index (Phi) is 1.70. The number of fused-ring (bicyclic) bond motifs is 1. The van der Waals surface area contributed by atoms with Gasteiger partial charge in [0.15, 0.2) is 0 Å². The van der Waals surface area contributed by atoms with Gasteiger partial charge in [0, 0.05) is 5.02 Å². The molecule has 2 aromatic rings. The number of aromatic nitrogens is 2. The second-order valence-corrected chi connectivity index (χ2v) is 3.05. The van der Waals surface area contributed by atoms with Gasteiger partial charge < -0.3 is 5.73 Å². The zero-order valence-electron chi connectivity index (χ0n) is 6.54. The fraction of sp³-hybridized carbons (Fsp3) is 0. The van der Waals surface area contributed by atoms with Crippen molar-refractivity contribution < 1.29 is 0 Å². The van der Waals surface area contributed by atoms with Crippen molar-refractivity contribution in [1.82, 2.24) is 9.97 Å². The lowest BCUT2D eigenvalue weighted by Crippen LogP contribution is -2.10. The molecule has 0 atom stereocenters. The number of hydrogen-bond acceptors (Lipinski definition) is 3. The van der Waals surface area contributed by atoms with Gasteiger partial charge in [-0.2, -0.15) is 0 Å². The molecule has 0 fully saturated rings. The number of hydrogen-bond donors (Lipinski definition) is 2. The molecule has 2 rings (SSSR count). The highest BCUT2D eigenvalue weighted by Crippen LogP contribution is 2.14. The van der Waals surface area contributed by atoms with Crippen LogP contribution in [0, 0.1) is 0 Å². The summed E-state index contributed by atoms with van der Waals surface area (Å²) < 4.78 is 0. The second kappa shape index (κ2) is 2.74. The van der Waals surface area contributed by atoms with Crippen LogP contribution in [-0.4, -0.2) is 9.97 Å². The third-order valence-corrected chi connectivity index (χ3v) is 1.92. The number of nitrogens with two attached hydrogens (primary N) is 1. The van der Waals surface area contributed by atoms with Crippen molar-refractivity contribution >= 4 is 28.5 Å². The zero-order valence-corrected chi connectivity index (χ0v) is 7.30. The number of rotatable bonds is 0. The van der Waals surface area contributed by atoms with Crippen molar-refractivity contribution in [2.24, 2.45) is 0 Å². The standard InChI is InChI=1S/C8H6ClN3O/c9-4-1-2-6-5(3-4)7(13)12-8(10)11-6/h1-3H,(H3,10,11,12,13). The summed E-state index contributed by atoms with van der Waals surface area (Å²) in [6.45, 7) is 0. The maximum absolute atomic E-state index is 11.3. The molecule has 0 unspecified atom stereocenters. The number of nitrogens with zero attached hydrogens (tertiary/aromatic N) is 1. The highest BCUT2D eigenvalue weighted by atomic mass is 35.5. The molecule has 1 heterocycles. The summed E-state index contributed by atoms with van der Waals surface area (Å²) in [5.41, 5.74) is 5.64. The Morgan fingerprint density at radius 1 is 1.46 bits per heavy atom. The molecule has 0 aliphatic rings. The lowest BCUT2D eigenvalue weighted by atomic mass is 10.2. The minimum Gasteiger partial charge on any atom is -0.369 e. The largest absolute Gasteiger partial charge is 0.369 e. The number of benzene rings is 1. The number of halogens is 1. The van der Waals surface area contributed by atoms with Crippen molar-refractivity contribution in [3.8, 4) is 0 Å². The highest BCUT2D eigenvalue weighted by molar-refractivity contribution is 6.31. The van der Waals surface area contributed by atoms with E-state index in [1.807, 2.05) is 0 Å². The van der Waals surface area contributed by atoms with E-state index in [1.54, 1.807) is 18.2 Å². The van der Waals surface area contributed by atoms with Crippen LogP contribution in [0.2, 0.25) is 5.02 Å². The van der Waals surface area contributed by atoms with Gasteiger partial charge in [-0.05, 0) is 18.2 Å². The maximum atomic E-state index is 11.3. The first kappa shape index (κ1) is 8.07. The van der Waals surface area contributed by atoms with Crippen LogP contribution in [0.5, 0.6) is 0 Å². The molecule has 0 bridgehead atoms. The van der Waals surface area contributed by atoms with E-state index in [1.165, 1.54) is 0 Å². The molecular formula is C8H6ClN3O. The van der Waals surface area contributed by atoms with Gasteiger partial charge >= 0.3 is 0 Å². The predicted molar refractivity (Wildman–Crippen MR) is 51.8 cm³/mol. The van der Waals surface area contributed by atoms with Gasteiger partial charge in [-0.3, -0.25) is 9.78 Å².